The molecule has 1 amide bonds. The van der Waals surface area contributed by atoms with Gasteiger partial charge in [-0.25, -0.2) is 4.98 Å². The fraction of sp³-hybridized carbons (Fsp3) is 0.364. The van der Waals surface area contributed by atoms with Crippen molar-refractivity contribution in [3.05, 3.63) is 52.5 Å². The maximum atomic E-state index is 12.8. The molecule has 0 spiro atoms. The van der Waals surface area contributed by atoms with Crippen LogP contribution >= 0.6 is 11.3 Å². The number of hydrogen-bond acceptors (Lipinski definition) is 6. The lowest BCUT2D eigenvalue weighted by Gasteiger charge is -2.30. The van der Waals surface area contributed by atoms with E-state index in [1.807, 2.05) is 37.4 Å². The molecule has 0 unspecified atom stereocenters. The molecule has 152 valence electrons. The number of benzene rings is 2. The number of ether oxygens (including phenoxy) is 2. The zero-order chi connectivity index (χ0) is 20.4. The van der Waals surface area contributed by atoms with Crippen molar-refractivity contribution >= 4 is 27.5 Å². The maximum Gasteiger partial charge on any atom is 0.236 e. The molecule has 29 heavy (non-hydrogen) atoms. The summed E-state index contributed by atoms with van der Waals surface area (Å²) in [4.78, 5) is 21.4. The molecule has 0 bridgehead atoms. The molecule has 2 aromatic carbocycles. The van der Waals surface area contributed by atoms with Gasteiger partial charge in [-0.05, 0) is 41.8 Å². The van der Waals surface area contributed by atoms with Crippen LogP contribution in [-0.2, 0) is 24.3 Å². The fourth-order valence-electron chi connectivity index (χ4n) is 3.67. The van der Waals surface area contributed by atoms with Gasteiger partial charge in [-0.1, -0.05) is 12.1 Å². The lowest BCUT2D eigenvalue weighted by molar-refractivity contribution is -0.131. The minimum Gasteiger partial charge on any atom is -0.493 e. The second-order valence-electron chi connectivity index (χ2n) is 7.26. The number of para-hydroxylation sites is 1. The Hall–Kier alpha value is -2.64. The molecule has 4 rings (SSSR count). The van der Waals surface area contributed by atoms with E-state index >= 15 is 0 Å². The second kappa shape index (κ2) is 8.39. The highest BCUT2D eigenvalue weighted by molar-refractivity contribution is 7.18. The lowest BCUT2D eigenvalue weighted by Crippen LogP contribution is -2.40. The van der Waals surface area contributed by atoms with Gasteiger partial charge in [0.2, 0.25) is 5.91 Å². The zero-order valence-electron chi connectivity index (χ0n) is 17.0. The standard InChI is InChI=1S/C22H25N3O3S/c1-24(13-21-23-17-6-4-5-7-20(17)29-21)22(26)14-25-9-8-15-10-18(27-2)19(28-3)11-16(15)12-25/h4-7,10-11H,8-9,12-14H2,1-3H3. The molecule has 1 aliphatic rings. The maximum absolute atomic E-state index is 12.8. The minimum absolute atomic E-state index is 0.105. The number of rotatable bonds is 6. The monoisotopic (exact) mass is 411 g/mol. The summed E-state index contributed by atoms with van der Waals surface area (Å²) in [6, 6.07) is 12.1. The first-order valence-electron chi connectivity index (χ1n) is 9.62. The van der Waals surface area contributed by atoms with Crippen molar-refractivity contribution in [1.29, 1.82) is 0 Å². The summed E-state index contributed by atoms with van der Waals surface area (Å²) in [6.07, 6.45) is 0.893. The van der Waals surface area contributed by atoms with Crippen LogP contribution in [0.2, 0.25) is 0 Å². The number of fused-ring (bicyclic) bond motifs is 2. The quantitative estimate of drug-likeness (QED) is 0.623. The average molecular weight is 412 g/mol. The van der Waals surface area contributed by atoms with E-state index in [0.717, 1.165) is 46.2 Å². The van der Waals surface area contributed by atoms with E-state index in [1.165, 1.54) is 11.1 Å². The van der Waals surface area contributed by atoms with Crippen molar-refractivity contribution in [1.82, 2.24) is 14.8 Å². The Morgan fingerprint density at radius 1 is 1.17 bits per heavy atom. The van der Waals surface area contributed by atoms with Gasteiger partial charge in [0.15, 0.2) is 11.5 Å². The molecule has 0 saturated carbocycles. The highest BCUT2D eigenvalue weighted by Crippen LogP contribution is 2.33. The van der Waals surface area contributed by atoms with Crippen molar-refractivity contribution in [2.45, 2.75) is 19.5 Å². The van der Waals surface area contributed by atoms with Crippen LogP contribution in [0.5, 0.6) is 11.5 Å². The zero-order valence-corrected chi connectivity index (χ0v) is 17.8. The highest BCUT2D eigenvalue weighted by atomic mass is 32.1. The van der Waals surface area contributed by atoms with Crippen molar-refractivity contribution < 1.29 is 14.3 Å². The largest absolute Gasteiger partial charge is 0.493 e. The molecular formula is C22H25N3O3S. The topological polar surface area (TPSA) is 54.9 Å². The number of carbonyl (C=O) groups excluding carboxylic acids is 1. The van der Waals surface area contributed by atoms with Gasteiger partial charge < -0.3 is 14.4 Å². The van der Waals surface area contributed by atoms with Crippen LogP contribution in [0.4, 0.5) is 0 Å². The fourth-order valence-corrected chi connectivity index (χ4v) is 4.69. The van der Waals surface area contributed by atoms with Gasteiger partial charge >= 0.3 is 0 Å². The summed E-state index contributed by atoms with van der Waals surface area (Å²) in [5.74, 6) is 1.59. The molecule has 0 N–H and O–H groups in total. The van der Waals surface area contributed by atoms with Crippen molar-refractivity contribution in [3.8, 4) is 11.5 Å². The number of methoxy groups -OCH3 is 2. The lowest BCUT2D eigenvalue weighted by atomic mass is 9.99. The van der Waals surface area contributed by atoms with Crippen LogP contribution < -0.4 is 9.47 Å². The van der Waals surface area contributed by atoms with Crippen LogP contribution in [0.3, 0.4) is 0 Å². The Balaban J connectivity index is 1.39. The van der Waals surface area contributed by atoms with Crippen LogP contribution in [0.15, 0.2) is 36.4 Å². The third-order valence-electron chi connectivity index (χ3n) is 5.29. The number of likely N-dealkylation sites (N-methyl/N-ethyl adjacent to an activating group) is 1. The molecule has 0 radical (unpaired) electrons. The number of aromatic nitrogens is 1. The second-order valence-corrected chi connectivity index (χ2v) is 8.38. The van der Waals surface area contributed by atoms with E-state index in [1.54, 1.807) is 30.5 Å². The molecule has 3 aromatic rings. The Morgan fingerprint density at radius 2 is 1.90 bits per heavy atom. The van der Waals surface area contributed by atoms with Crippen molar-refractivity contribution in [3.63, 3.8) is 0 Å². The average Bonchev–Trinajstić information content (AvgIpc) is 3.14. The van der Waals surface area contributed by atoms with E-state index in [4.69, 9.17) is 9.47 Å². The van der Waals surface area contributed by atoms with Crippen LogP contribution in [0, 0.1) is 0 Å². The van der Waals surface area contributed by atoms with Crippen molar-refractivity contribution in [2.75, 3.05) is 34.4 Å². The minimum atomic E-state index is 0.105. The Bertz CT molecular complexity index is 1000. The van der Waals surface area contributed by atoms with E-state index < -0.39 is 0 Å². The Kier molecular flexibility index (Phi) is 5.69. The van der Waals surface area contributed by atoms with Gasteiger partial charge in [0.25, 0.3) is 0 Å². The molecule has 2 heterocycles. The molecule has 6 nitrogen and oxygen atoms in total. The summed E-state index contributed by atoms with van der Waals surface area (Å²) in [7, 11) is 5.14. The molecule has 0 saturated heterocycles. The van der Waals surface area contributed by atoms with Crippen LogP contribution in [-0.4, -0.2) is 55.0 Å². The summed E-state index contributed by atoms with van der Waals surface area (Å²) in [5, 5.41) is 0.961. The Labute approximate surface area is 174 Å². The van der Waals surface area contributed by atoms with E-state index in [-0.39, 0.29) is 5.91 Å². The molecule has 1 aliphatic heterocycles. The number of carbonyl (C=O) groups is 1. The molecular weight excluding hydrogens is 386 g/mol. The summed E-state index contributed by atoms with van der Waals surface area (Å²) in [5.41, 5.74) is 3.44. The van der Waals surface area contributed by atoms with E-state index in [0.29, 0.717) is 13.1 Å². The van der Waals surface area contributed by atoms with Crippen LogP contribution in [0.1, 0.15) is 16.1 Å². The molecule has 0 fully saturated rings. The number of thiazole rings is 1. The van der Waals surface area contributed by atoms with E-state index in [2.05, 4.69) is 16.0 Å². The van der Waals surface area contributed by atoms with Gasteiger partial charge in [0.05, 0.1) is 37.5 Å². The Morgan fingerprint density at radius 3 is 2.62 bits per heavy atom. The molecule has 7 heteroatoms. The first kappa shape index (κ1) is 19.7. The first-order chi connectivity index (χ1) is 14.1. The number of amides is 1. The normalized spacial score (nSPS) is 13.9. The van der Waals surface area contributed by atoms with E-state index in [9.17, 15) is 4.79 Å². The molecule has 0 aliphatic carbocycles. The molecule has 0 atom stereocenters. The highest BCUT2D eigenvalue weighted by Gasteiger charge is 2.22. The van der Waals surface area contributed by atoms with Crippen LogP contribution in [0.25, 0.3) is 10.2 Å². The summed E-state index contributed by atoms with van der Waals surface area (Å²) in [6.45, 7) is 2.52. The van der Waals surface area contributed by atoms with Gasteiger partial charge in [-0.2, -0.15) is 0 Å². The van der Waals surface area contributed by atoms with Crippen molar-refractivity contribution in [2.24, 2.45) is 0 Å². The smallest absolute Gasteiger partial charge is 0.236 e. The SMILES string of the molecule is COc1cc2c(cc1OC)CN(CC(=O)N(C)Cc1nc3ccccc3s1)CC2. The third-order valence-corrected chi connectivity index (χ3v) is 6.31. The summed E-state index contributed by atoms with van der Waals surface area (Å²) < 4.78 is 12.0. The van der Waals surface area contributed by atoms with Gasteiger partial charge in [0.1, 0.15) is 5.01 Å². The predicted molar refractivity (Wildman–Crippen MR) is 115 cm³/mol. The predicted octanol–water partition coefficient (Wildman–Crippen LogP) is 3.33. The van der Waals surface area contributed by atoms with Gasteiger partial charge in [-0.3, -0.25) is 9.69 Å². The van der Waals surface area contributed by atoms with Gasteiger partial charge in [-0.15, -0.1) is 11.3 Å². The number of hydrogen-bond donors (Lipinski definition) is 0. The van der Waals surface area contributed by atoms with Gasteiger partial charge in [0, 0.05) is 20.1 Å². The third kappa shape index (κ3) is 4.21. The molecule has 1 aromatic heterocycles. The summed E-state index contributed by atoms with van der Waals surface area (Å²) >= 11 is 1.64. The first-order valence-corrected chi connectivity index (χ1v) is 10.4. The number of nitrogens with zero attached hydrogens (tertiary/aromatic N) is 3.